The maximum Gasteiger partial charge on any atom is 0.234 e. The highest BCUT2D eigenvalue weighted by molar-refractivity contribution is 5.98. The second-order valence-electron chi connectivity index (χ2n) is 6.09. The third kappa shape index (κ3) is 4.14. The van der Waals surface area contributed by atoms with Crippen molar-refractivity contribution in [2.45, 2.75) is 19.3 Å². The molecule has 132 valence electrons. The molecule has 0 saturated heterocycles. The summed E-state index contributed by atoms with van der Waals surface area (Å²) in [6.07, 6.45) is 3.99. The Labute approximate surface area is 153 Å². The Kier molecular flexibility index (Phi) is 5.74. The molecule has 26 heavy (non-hydrogen) atoms. The molecule has 0 fully saturated rings. The number of amides is 1. The highest BCUT2D eigenvalue weighted by atomic mass is 19.1. The lowest BCUT2D eigenvalue weighted by Crippen LogP contribution is -2.36. The van der Waals surface area contributed by atoms with E-state index >= 15 is 0 Å². The monoisotopic (exact) mass is 348 g/mol. The van der Waals surface area contributed by atoms with E-state index in [1.807, 2.05) is 49.4 Å². The second-order valence-corrected chi connectivity index (χ2v) is 6.09. The normalized spacial score (nSPS) is 11.8. The van der Waals surface area contributed by atoms with E-state index in [0.29, 0.717) is 13.0 Å². The van der Waals surface area contributed by atoms with E-state index in [0.717, 1.165) is 16.8 Å². The molecule has 4 heteroatoms. The van der Waals surface area contributed by atoms with Crippen molar-refractivity contribution in [1.82, 2.24) is 4.98 Å². The van der Waals surface area contributed by atoms with Crippen molar-refractivity contribution in [2.24, 2.45) is 0 Å². The quantitative estimate of drug-likeness (QED) is 0.652. The number of halogens is 1. The average molecular weight is 348 g/mol. The van der Waals surface area contributed by atoms with Crippen LogP contribution in [-0.2, 0) is 11.2 Å². The zero-order valence-electron chi connectivity index (χ0n) is 14.7. The van der Waals surface area contributed by atoms with Crippen LogP contribution in [-0.4, -0.2) is 17.4 Å². The second kappa shape index (κ2) is 8.39. The molecule has 0 radical (unpaired) electrons. The van der Waals surface area contributed by atoms with Gasteiger partial charge in [-0.25, -0.2) is 4.39 Å². The van der Waals surface area contributed by atoms with E-state index < -0.39 is 5.92 Å². The van der Waals surface area contributed by atoms with Gasteiger partial charge in [-0.05, 0) is 54.8 Å². The number of carbonyl (C=O) groups is 1. The largest absolute Gasteiger partial charge is 0.312 e. The molecule has 3 aromatic rings. The van der Waals surface area contributed by atoms with Crippen molar-refractivity contribution in [3.63, 3.8) is 0 Å². The number of hydrogen-bond acceptors (Lipinski definition) is 2. The Bertz CT molecular complexity index is 835. The number of para-hydroxylation sites is 1. The van der Waals surface area contributed by atoms with Gasteiger partial charge in [0.15, 0.2) is 0 Å². The molecule has 0 aliphatic carbocycles. The molecule has 0 bridgehead atoms. The third-order valence-corrected chi connectivity index (χ3v) is 4.38. The Morgan fingerprint density at radius 3 is 2.38 bits per heavy atom. The Balaban J connectivity index is 1.95. The van der Waals surface area contributed by atoms with Gasteiger partial charge in [0.25, 0.3) is 0 Å². The first-order valence-electron chi connectivity index (χ1n) is 8.70. The lowest BCUT2D eigenvalue weighted by Gasteiger charge is -2.27. The molecule has 1 heterocycles. The summed E-state index contributed by atoms with van der Waals surface area (Å²) in [6.45, 7) is 2.52. The van der Waals surface area contributed by atoms with Gasteiger partial charge in [-0.3, -0.25) is 9.78 Å². The van der Waals surface area contributed by atoms with Gasteiger partial charge in [0.2, 0.25) is 5.91 Å². The van der Waals surface area contributed by atoms with Crippen LogP contribution in [0.1, 0.15) is 24.0 Å². The number of nitrogens with zero attached hydrogens (tertiary/aromatic N) is 2. The molecule has 0 saturated carbocycles. The smallest absolute Gasteiger partial charge is 0.234 e. The van der Waals surface area contributed by atoms with Crippen LogP contribution in [0.4, 0.5) is 10.1 Å². The standard InChI is InChI=1S/C22H21FN2O/c1-2-25(20-8-4-3-5-9-20)22(26)21(15-17-7-6-14-24-16-17)18-10-12-19(23)13-11-18/h3-14,16,21H,2,15H2,1H3. The van der Waals surface area contributed by atoms with Crippen LogP contribution >= 0.6 is 0 Å². The number of pyridine rings is 1. The molecule has 3 nitrogen and oxygen atoms in total. The van der Waals surface area contributed by atoms with Crippen LogP contribution in [0.15, 0.2) is 79.1 Å². The predicted octanol–water partition coefficient (Wildman–Crippen LogP) is 4.60. The number of aromatic nitrogens is 1. The lowest BCUT2D eigenvalue weighted by atomic mass is 9.91. The molecule has 0 aliphatic heterocycles. The van der Waals surface area contributed by atoms with Gasteiger partial charge in [0.05, 0.1) is 5.92 Å². The van der Waals surface area contributed by atoms with Gasteiger partial charge in [0, 0.05) is 24.6 Å². The molecule has 0 N–H and O–H groups in total. The van der Waals surface area contributed by atoms with Crippen molar-refractivity contribution in [3.05, 3.63) is 96.1 Å². The van der Waals surface area contributed by atoms with Crippen LogP contribution in [0.5, 0.6) is 0 Å². The van der Waals surface area contributed by atoms with E-state index in [4.69, 9.17) is 0 Å². The molecule has 3 rings (SSSR count). The van der Waals surface area contributed by atoms with Gasteiger partial charge in [-0.15, -0.1) is 0 Å². The first-order chi connectivity index (χ1) is 12.7. The average Bonchev–Trinajstić information content (AvgIpc) is 2.69. The SMILES string of the molecule is CCN(C(=O)C(Cc1cccnc1)c1ccc(F)cc1)c1ccccc1. The van der Waals surface area contributed by atoms with Crippen molar-refractivity contribution >= 4 is 11.6 Å². The number of hydrogen-bond donors (Lipinski definition) is 0. The van der Waals surface area contributed by atoms with E-state index in [-0.39, 0.29) is 11.7 Å². The third-order valence-electron chi connectivity index (χ3n) is 4.38. The predicted molar refractivity (Wildman–Crippen MR) is 102 cm³/mol. The number of likely N-dealkylation sites (N-methyl/N-ethyl adjacent to an activating group) is 1. The van der Waals surface area contributed by atoms with Crippen molar-refractivity contribution in [2.75, 3.05) is 11.4 Å². The molecule has 1 amide bonds. The molecule has 1 unspecified atom stereocenters. The number of anilines is 1. The fourth-order valence-electron chi connectivity index (χ4n) is 3.06. The summed E-state index contributed by atoms with van der Waals surface area (Å²) >= 11 is 0. The topological polar surface area (TPSA) is 33.2 Å². The highest BCUT2D eigenvalue weighted by Crippen LogP contribution is 2.26. The van der Waals surface area contributed by atoms with Gasteiger partial charge in [-0.1, -0.05) is 36.4 Å². The zero-order valence-corrected chi connectivity index (χ0v) is 14.7. The summed E-state index contributed by atoms with van der Waals surface area (Å²) in [7, 11) is 0. The summed E-state index contributed by atoms with van der Waals surface area (Å²) in [5.74, 6) is -0.717. The van der Waals surface area contributed by atoms with E-state index in [1.54, 1.807) is 29.4 Å². The minimum Gasteiger partial charge on any atom is -0.312 e. The minimum absolute atomic E-state index is 0.00541. The van der Waals surface area contributed by atoms with Gasteiger partial charge in [-0.2, -0.15) is 0 Å². The Morgan fingerprint density at radius 2 is 1.77 bits per heavy atom. The van der Waals surface area contributed by atoms with Crippen molar-refractivity contribution in [1.29, 1.82) is 0 Å². The molecule has 0 aliphatic rings. The molecule has 2 aromatic carbocycles. The van der Waals surface area contributed by atoms with Gasteiger partial charge >= 0.3 is 0 Å². The van der Waals surface area contributed by atoms with Gasteiger partial charge in [0.1, 0.15) is 5.82 Å². The summed E-state index contributed by atoms with van der Waals surface area (Å²) in [4.78, 5) is 19.3. The maximum absolute atomic E-state index is 13.4. The first kappa shape index (κ1) is 17.8. The Hall–Kier alpha value is -3.01. The molecule has 0 spiro atoms. The number of rotatable bonds is 6. The van der Waals surface area contributed by atoms with E-state index in [2.05, 4.69) is 4.98 Å². The molecule has 1 atom stereocenters. The van der Waals surface area contributed by atoms with Crippen LogP contribution in [0, 0.1) is 5.82 Å². The summed E-state index contributed by atoms with van der Waals surface area (Å²) < 4.78 is 13.4. The van der Waals surface area contributed by atoms with Crippen LogP contribution in [0.2, 0.25) is 0 Å². The van der Waals surface area contributed by atoms with Crippen molar-refractivity contribution < 1.29 is 9.18 Å². The van der Waals surface area contributed by atoms with Crippen LogP contribution in [0.3, 0.4) is 0 Å². The summed E-state index contributed by atoms with van der Waals surface area (Å²) in [5.41, 5.74) is 2.63. The fourth-order valence-corrected chi connectivity index (χ4v) is 3.06. The first-order valence-corrected chi connectivity index (χ1v) is 8.70. The Morgan fingerprint density at radius 1 is 1.04 bits per heavy atom. The fraction of sp³-hybridized carbons (Fsp3) is 0.182. The lowest BCUT2D eigenvalue weighted by molar-refractivity contribution is -0.120. The van der Waals surface area contributed by atoms with Gasteiger partial charge < -0.3 is 4.90 Å². The zero-order chi connectivity index (χ0) is 18.4. The number of benzene rings is 2. The highest BCUT2D eigenvalue weighted by Gasteiger charge is 2.26. The van der Waals surface area contributed by atoms with Crippen molar-refractivity contribution in [3.8, 4) is 0 Å². The molecular weight excluding hydrogens is 327 g/mol. The van der Waals surface area contributed by atoms with Crippen LogP contribution < -0.4 is 4.90 Å². The molecule has 1 aromatic heterocycles. The van der Waals surface area contributed by atoms with Crippen LogP contribution in [0.25, 0.3) is 0 Å². The maximum atomic E-state index is 13.4. The molecular formula is C22H21FN2O. The van der Waals surface area contributed by atoms with E-state index in [1.165, 1.54) is 12.1 Å². The van der Waals surface area contributed by atoms with E-state index in [9.17, 15) is 9.18 Å². The number of carbonyl (C=O) groups excluding carboxylic acids is 1. The minimum atomic E-state index is -0.403. The summed E-state index contributed by atoms with van der Waals surface area (Å²) in [5, 5.41) is 0. The summed E-state index contributed by atoms with van der Waals surface area (Å²) in [6, 6.07) is 19.6.